The fourth-order valence-corrected chi connectivity index (χ4v) is 3.42. The minimum Gasteiger partial charge on any atom is -0.494 e. The molecule has 0 amide bonds. The van der Waals surface area contributed by atoms with Crippen molar-refractivity contribution >= 4 is 34.1 Å². The normalized spacial score (nSPS) is 11.7. The zero-order chi connectivity index (χ0) is 20.5. The number of nitrogens with one attached hydrogen (secondary N) is 1. The number of carbonyl (C=O) groups is 1. The maximum absolute atomic E-state index is 12.8. The van der Waals surface area contributed by atoms with Crippen molar-refractivity contribution in [2.24, 2.45) is 0 Å². The van der Waals surface area contributed by atoms with Crippen LogP contribution in [-0.4, -0.2) is 12.4 Å². The molecule has 3 aromatic carbocycles. The number of hydrogen-bond donors (Lipinski definition) is 1. The smallest absolute Gasteiger partial charge is 0.165 e. The van der Waals surface area contributed by atoms with E-state index in [-0.39, 0.29) is 11.8 Å². The summed E-state index contributed by atoms with van der Waals surface area (Å²) in [5.74, 6) is 0.987. The molecule has 0 bridgehead atoms. The van der Waals surface area contributed by atoms with Crippen molar-refractivity contribution in [1.82, 2.24) is 0 Å². The van der Waals surface area contributed by atoms with Crippen molar-refractivity contribution in [3.8, 4) is 5.75 Å². The number of anilines is 1. The van der Waals surface area contributed by atoms with Gasteiger partial charge in [-0.1, -0.05) is 55.8 Å². The highest BCUT2D eigenvalue weighted by Gasteiger charge is 2.17. The first kappa shape index (κ1) is 21.4. The van der Waals surface area contributed by atoms with Crippen molar-refractivity contribution in [1.29, 1.82) is 0 Å². The maximum atomic E-state index is 12.8. The first-order valence-corrected chi connectivity index (χ1v) is 11.1. The fourth-order valence-electron chi connectivity index (χ4n) is 3.06. The Bertz CT molecular complexity index is 892. The highest BCUT2D eigenvalue weighted by Crippen LogP contribution is 2.27. The third-order valence-corrected chi connectivity index (χ3v) is 5.44. The van der Waals surface area contributed by atoms with Gasteiger partial charge in [0.2, 0.25) is 0 Å². The number of ether oxygens (including phenoxy) is 1. The molecule has 3 aromatic rings. The molecule has 0 aliphatic heterocycles. The van der Waals surface area contributed by atoms with Crippen LogP contribution in [0.3, 0.4) is 0 Å². The Morgan fingerprint density at radius 2 is 1.66 bits per heavy atom. The molecule has 0 heterocycles. The van der Waals surface area contributed by atoms with Crippen molar-refractivity contribution in [2.75, 3.05) is 11.9 Å². The predicted molar refractivity (Wildman–Crippen MR) is 128 cm³/mol. The number of hydrogen-bond acceptors (Lipinski definition) is 3. The van der Waals surface area contributed by atoms with Gasteiger partial charge in [0, 0.05) is 21.2 Å². The molecule has 0 radical (unpaired) electrons. The van der Waals surface area contributed by atoms with Crippen LogP contribution in [0.5, 0.6) is 5.75 Å². The van der Waals surface area contributed by atoms with Gasteiger partial charge in [-0.15, -0.1) is 0 Å². The number of Topliss-reactive ketones (excluding diaryl/α,β-unsaturated/α-hetero) is 1. The van der Waals surface area contributed by atoms with E-state index < -0.39 is 0 Å². The summed E-state index contributed by atoms with van der Waals surface area (Å²) in [5.41, 5.74) is 2.80. The first-order valence-electron chi connectivity index (χ1n) is 9.99. The summed E-state index contributed by atoms with van der Waals surface area (Å²) < 4.78 is 6.95. The van der Waals surface area contributed by atoms with Gasteiger partial charge in [-0.25, -0.2) is 0 Å². The molecule has 0 aromatic heterocycles. The van der Waals surface area contributed by atoms with Gasteiger partial charge in [0.05, 0.1) is 12.6 Å². The molecule has 0 fully saturated rings. The van der Waals surface area contributed by atoms with Crippen molar-refractivity contribution in [3.63, 3.8) is 0 Å². The lowest BCUT2D eigenvalue weighted by atomic mass is 9.97. The second kappa shape index (κ2) is 11.0. The molecular weight excluding hydrogens is 473 g/mol. The molecule has 3 rings (SSSR count). The standard InChI is InChI=1S/C25H26INO2/c1-2-3-17-29-23-15-9-19(10-16-23)24(27-22-13-11-21(26)12-14-22)18-25(28)20-7-5-4-6-8-20/h4-16,24,27H,2-3,17-18H2,1H3. The molecule has 1 N–H and O–H groups in total. The van der Waals surface area contributed by atoms with Gasteiger partial charge in [0.25, 0.3) is 0 Å². The Hall–Kier alpha value is -2.34. The first-order chi connectivity index (χ1) is 14.2. The van der Waals surface area contributed by atoms with Gasteiger partial charge in [0.1, 0.15) is 5.75 Å². The molecule has 0 aliphatic carbocycles. The van der Waals surface area contributed by atoms with E-state index in [0.29, 0.717) is 6.42 Å². The minimum absolute atomic E-state index is 0.118. The van der Waals surface area contributed by atoms with Crippen LogP contribution in [0.25, 0.3) is 0 Å². The van der Waals surface area contributed by atoms with Crippen LogP contribution in [0, 0.1) is 3.57 Å². The SMILES string of the molecule is CCCCOc1ccc(C(CC(=O)c2ccccc2)Nc2ccc(I)cc2)cc1. The summed E-state index contributed by atoms with van der Waals surface area (Å²) in [7, 11) is 0. The van der Waals surface area contributed by atoms with Gasteiger partial charge in [-0.2, -0.15) is 0 Å². The zero-order valence-electron chi connectivity index (χ0n) is 16.6. The number of ketones is 1. The Morgan fingerprint density at radius 3 is 2.31 bits per heavy atom. The zero-order valence-corrected chi connectivity index (χ0v) is 18.8. The molecule has 0 saturated carbocycles. The van der Waals surface area contributed by atoms with Crippen LogP contribution in [0.15, 0.2) is 78.9 Å². The number of carbonyl (C=O) groups excluding carboxylic acids is 1. The summed E-state index contributed by atoms with van der Waals surface area (Å²) in [6.45, 7) is 2.88. The monoisotopic (exact) mass is 499 g/mol. The summed E-state index contributed by atoms with van der Waals surface area (Å²) in [4.78, 5) is 12.8. The van der Waals surface area contributed by atoms with Crippen molar-refractivity contribution < 1.29 is 9.53 Å². The largest absolute Gasteiger partial charge is 0.494 e. The van der Waals surface area contributed by atoms with E-state index in [1.165, 1.54) is 3.57 Å². The molecule has 0 aliphatic rings. The fraction of sp³-hybridized carbons (Fsp3) is 0.240. The van der Waals surface area contributed by atoms with Crippen LogP contribution in [0.1, 0.15) is 48.1 Å². The van der Waals surface area contributed by atoms with Gasteiger partial charge in [-0.05, 0) is 71.0 Å². The van der Waals surface area contributed by atoms with Crippen molar-refractivity contribution in [2.45, 2.75) is 32.2 Å². The summed E-state index contributed by atoms with van der Waals surface area (Å²) in [6, 6.07) is 25.6. The molecule has 29 heavy (non-hydrogen) atoms. The maximum Gasteiger partial charge on any atom is 0.165 e. The molecule has 1 unspecified atom stereocenters. The average molecular weight is 499 g/mol. The Morgan fingerprint density at radius 1 is 0.966 bits per heavy atom. The Labute approximate surface area is 186 Å². The van der Waals surface area contributed by atoms with E-state index in [1.54, 1.807) is 0 Å². The van der Waals surface area contributed by atoms with Crippen LogP contribution in [0.4, 0.5) is 5.69 Å². The van der Waals surface area contributed by atoms with Crippen LogP contribution >= 0.6 is 22.6 Å². The van der Waals surface area contributed by atoms with E-state index in [4.69, 9.17) is 4.74 Å². The average Bonchev–Trinajstić information content (AvgIpc) is 2.76. The molecule has 0 spiro atoms. The molecule has 150 valence electrons. The quantitative estimate of drug-likeness (QED) is 0.187. The van der Waals surface area contributed by atoms with Crippen molar-refractivity contribution in [3.05, 3.63) is 93.6 Å². The molecule has 0 saturated heterocycles. The highest BCUT2D eigenvalue weighted by molar-refractivity contribution is 14.1. The molecule has 1 atom stereocenters. The summed E-state index contributed by atoms with van der Waals surface area (Å²) >= 11 is 2.29. The number of rotatable bonds is 10. The van der Waals surface area contributed by atoms with Gasteiger partial charge >= 0.3 is 0 Å². The molecule has 3 nitrogen and oxygen atoms in total. The van der Waals surface area contributed by atoms with Gasteiger partial charge in [0.15, 0.2) is 5.78 Å². The summed E-state index contributed by atoms with van der Waals surface area (Å²) in [5, 5.41) is 3.53. The second-order valence-corrected chi connectivity index (χ2v) is 8.21. The van der Waals surface area contributed by atoms with E-state index in [1.807, 2.05) is 66.7 Å². The van der Waals surface area contributed by atoms with E-state index in [0.717, 1.165) is 42.0 Å². The van der Waals surface area contributed by atoms with E-state index >= 15 is 0 Å². The lowest BCUT2D eigenvalue weighted by Crippen LogP contribution is -2.16. The third kappa shape index (κ3) is 6.60. The van der Waals surface area contributed by atoms with Gasteiger partial charge in [-0.3, -0.25) is 4.79 Å². The lowest BCUT2D eigenvalue weighted by molar-refractivity contribution is 0.0976. The van der Waals surface area contributed by atoms with Gasteiger partial charge < -0.3 is 10.1 Å². The minimum atomic E-state index is -0.118. The Balaban J connectivity index is 1.78. The molecular formula is C25H26INO2. The predicted octanol–water partition coefficient (Wildman–Crippen LogP) is 6.90. The third-order valence-electron chi connectivity index (χ3n) is 4.72. The Kier molecular flexibility index (Phi) is 8.11. The molecule has 4 heteroatoms. The number of benzene rings is 3. The highest BCUT2D eigenvalue weighted by atomic mass is 127. The second-order valence-electron chi connectivity index (χ2n) is 6.97. The summed E-state index contributed by atoms with van der Waals surface area (Å²) in [6.07, 6.45) is 2.54. The lowest BCUT2D eigenvalue weighted by Gasteiger charge is -2.20. The van der Waals surface area contributed by atoms with Crippen LogP contribution in [0.2, 0.25) is 0 Å². The topological polar surface area (TPSA) is 38.3 Å². The van der Waals surface area contributed by atoms with E-state index in [9.17, 15) is 4.79 Å². The van der Waals surface area contributed by atoms with E-state index in [2.05, 4.69) is 47.0 Å². The van der Waals surface area contributed by atoms with Crippen LogP contribution < -0.4 is 10.1 Å². The number of unbranched alkanes of at least 4 members (excludes halogenated alkanes) is 1. The number of halogens is 1. The van der Waals surface area contributed by atoms with Crippen LogP contribution in [-0.2, 0) is 0 Å².